The quantitative estimate of drug-likeness (QED) is 0.446. The highest BCUT2D eigenvalue weighted by Crippen LogP contribution is 2.23. The molecule has 0 aliphatic rings. The van der Waals surface area contributed by atoms with Crippen LogP contribution < -0.4 is 11.1 Å². The van der Waals surface area contributed by atoms with E-state index in [-0.39, 0.29) is 11.8 Å². The van der Waals surface area contributed by atoms with Crippen molar-refractivity contribution in [3.63, 3.8) is 0 Å². The summed E-state index contributed by atoms with van der Waals surface area (Å²) in [5, 5.41) is 2.74. The van der Waals surface area contributed by atoms with Gasteiger partial charge < -0.3 is 15.2 Å². The zero-order chi connectivity index (χ0) is 10.7. The first-order chi connectivity index (χ1) is 5.79. The average Bonchev–Trinajstić information content (AvgIpc) is 2.02. The summed E-state index contributed by atoms with van der Waals surface area (Å²) in [6.07, 6.45) is -0.105. The molecule has 0 aromatic heterocycles. The fourth-order valence-electron chi connectivity index (χ4n) is 1.11. The van der Waals surface area contributed by atoms with Crippen LogP contribution in [0.2, 0.25) is 0 Å². The summed E-state index contributed by atoms with van der Waals surface area (Å²) in [6, 6.07) is 0. The maximum absolute atomic E-state index is 5.68. The van der Waals surface area contributed by atoms with Crippen LogP contribution >= 0.6 is 0 Å². The first-order valence-electron chi connectivity index (χ1n) is 4.42. The highest BCUT2D eigenvalue weighted by atomic mass is 28.1. The molecule has 0 spiro atoms. The van der Waals surface area contributed by atoms with Gasteiger partial charge in [-0.3, -0.25) is 5.32 Å². The maximum Gasteiger partial charge on any atom is 0.123 e. The van der Waals surface area contributed by atoms with Crippen molar-refractivity contribution in [2.75, 3.05) is 14.2 Å². The zero-order valence-electron chi connectivity index (χ0n) is 9.47. The van der Waals surface area contributed by atoms with E-state index in [1.165, 1.54) is 0 Å². The Bertz CT molecular complexity index is 164. The Kier molecular flexibility index (Phi) is 4.54. The number of hydrogen-bond donors (Lipinski definition) is 2. The molecule has 13 heavy (non-hydrogen) atoms. The highest BCUT2D eigenvalue weighted by molar-refractivity contribution is 6.15. The standard InChI is InChI=1S/C8H22N2O2Si/c1-6(9)10-8(13,12-5)7(2,3)11-4/h6,10H,9H2,1-5,13H3. The topological polar surface area (TPSA) is 56.5 Å². The Morgan fingerprint density at radius 1 is 1.31 bits per heavy atom. The molecular weight excluding hydrogens is 184 g/mol. The second-order valence-corrected chi connectivity index (χ2v) is 5.29. The van der Waals surface area contributed by atoms with E-state index in [1.54, 1.807) is 14.2 Å². The fourth-order valence-corrected chi connectivity index (χ4v) is 1.77. The predicted octanol–water partition coefficient (Wildman–Crippen LogP) is -1.03. The summed E-state index contributed by atoms with van der Waals surface area (Å²) < 4.78 is 10.8. The number of ether oxygens (including phenoxy) is 2. The van der Waals surface area contributed by atoms with Crippen molar-refractivity contribution in [2.24, 2.45) is 5.73 Å². The minimum atomic E-state index is -0.448. The van der Waals surface area contributed by atoms with Gasteiger partial charge in [-0.05, 0) is 20.8 Å². The van der Waals surface area contributed by atoms with Crippen molar-refractivity contribution in [3.8, 4) is 0 Å². The third-order valence-corrected chi connectivity index (χ3v) is 4.47. The van der Waals surface area contributed by atoms with Crippen LogP contribution in [-0.4, -0.2) is 41.6 Å². The lowest BCUT2D eigenvalue weighted by Crippen LogP contribution is -2.66. The molecule has 0 aliphatic carbocycles. The zero-order valence-corrected chi connectivity index (χ0v) is 11.5. The van der Waals surface area contributed by atoms with Gasteiger partial charge in [0.25, 0.3) is 0 Å². The van der Waals surface area contributed by atoms with Crippen LogP contribution in [0.15, 0.2) is 0 Å². The van der Waals surface area contributed by atoms with E-state index in [1.807, 2.05) is 20.8 Å². The average molecular weight is 206 g/mol. The van der Waals surface area contributed by atoms with E-state index in [0.717, 1.165) is 10.2 Å². The van der Waals surface area contributed by atoms with Gasteiger partial charge in [-0.15, -0.1) is 0 Å². The summed E-state index contributed by atoms with van der Waals surface area (Å²) in [7, 11) is 4.14. The van der Waals surface area contributed by atoms with Crippen molar-refractivity contribution in [1.82, 2.24) is 5.32 Å². The molecule has 0 aromatic carbocycles. The Morgan fingerprint density at radius 2 is 1.77 bits per heavy atom. The highest BCUT2D eigenvalue weighted by Gasteiger charge is 2.41. The summed E-state index contributed by atoms with van der Waals surface area (Å²) in [4.78, 5) is 0. The van der Waals surface area contributed by atoms with Gasteiger partial charge >= 0.3 is 0 Å². The van der Waals surface area contributed by atoms with Gasteiger partial charge in [0, 0.05) is 14.2 Å². The smallest absolute Gasteiger partial charge is 0.123 e. The molecule has 80 valence electrons. The maximum atomic E-state index is 5.68. The molecule has 0 aromatic rings. The molecule has 0 rings (SSSR count). The molecule has 0 aliphatic heterocycles. The van der Waals surface area contributed by atoms with E-state index in [2.05, 4.69) is 5.32 Å². The molecule has 4 nitrogen and oxygen atoms in total. The normalized spacial score (nSPS) is 19.8. The number of nitrogens with one attached hydrogen (secondary N) is 1. The molecule has 2 unspecified atom stereocenters. The van der Waals surface area contributed by atoms with E-state index in [0.29, 0.717) is 0 Å². The van der Waals surface area contributed by atoms with Gasteiger partial charge in [0.2, 0.25) is 0 Å². The second-order valence-electron chi connectivity index (χ2n) is 3.88. The van der Waals surface area contributed by atoms with Crippen LogP contribution in [0.5, 0.6) is 0 Å². The minimum absolute atomic E-state index is 0.105. The fraction of sp³-hybridized carbons (Fsp3) is 1.00. The number of nitrogens with two attached hydrogens (primary N) is 1. The second kappa shape index (κ2) is 4.52. The summed E-state index contributed by atoms with van der Waals surface area (Å²) in [5.41, 5.74) is 5.31. The predicted molar refractivity (Wildman–Crippen MR) is 57.6 cm³/mol. The van der Waals surface area contributed by atoms with Gasteiger partial charge in [-0.25, -0.2) is 0 Å². The molecule has 0 saturated heterocycles. The van der Waals surface area contributed by atoms with E-state index >= 15 is 0 Å². The SMILES string of the molecule is COC(C)(C)C([SiH3])(NC(C)N)OC. The molecule has 0 amide bonds. The van der Waals surface area contributed by atoms with Crippen LogP contribution in [0.3, 0.4) is 0 Å². The molecule has 3 N–H and O–H groups in total. The van der Waals surface area contributed by atoms with Crippen LogP contribution in [0.4, 0.5) is 0 Å². The number of hydrogen-bond acceptors (Lipinski definition) is 4. The summed E-state index contributed by atoms with van der Waals surface area (Å²) >= 11 is 0. The lowest BCUT2D eigenvalue weighted by atomic mass is 10.1. The van der Waals surface area contributed by atoms with Gasteiger partial charge in [-0.1, -0.05) is 0 Å². The van der Waals surface area contributed by atoms with E-state index < -0.39 is 5.35 Å². The molecule has 0 heterocycles. The molecule has 0 bridgehead atoms. The third-order valence-electron chi connectivity index (χ3n) is 2.57. The van der Waals surface area contributed by atoms with Gasteiger partial charge in [0.05, 0.1) is 22.0 Å². The molecule has 0 fully saturated rings. The van der Waals surface area contributed by atoms with Gasteiger partial charge in [-0.2, -0.15) is 0 Å². The summed E-state index contributed by atoms with van der Waals surface area (Å²) in [5.74, 6) is 0. The Balaban J connectivity index is 4.61. The van der Waals surface area contributed by atoms with Crippen molar-refractivity contribution in [3.05, 3.63) is 0 Å². The van der Waals surface area contributed by atoms with Crippen LogP contribution in [0.25, 0.3) is 0 Å². The van der Waals surface area contributed by atoms with Crippen molar-refractivity contribution in [2.45, 2.75) is 37.9 Å². The Morgan fingerprint density at radius 3 is 2.00 bits per heavy atom. The van der Waals surface area contributed by atoms with Crippen molar-refractivity contribution in [1.29, 1.82) is 0 Å². The first kappa shape index (κ1) is 13.1. The van der Waals surface area contributed by atoms with Crippen LogP contribution in [-0.2, 0) is 9.47 Å². The Hall–Kier alpha value is 0.0569. The van der Waals surface area contributed by atoms with Crippen molar-refractivity contribution >= 4 is 10.2 Å². The molecule has 5 heteroatoms. The minimum Gasteiger partial charge on any atom is -0.375 e. The third kappa shape index (κ3) is 3.03. The first-order valence-corrected chi connectivity index (χ1v) is 5.42. The van der Waals surface area contributed by atoms with Crippen LogP contribution in [0, 0.1) is 0 Å². The number of methoxy groups -OCH3 is 2. The Labute approximate surface area is 83.6 Å². The van der Waals surface area contributed by atoms with E-state index in [4.69, 9.17) is 15.2 Å². The number of rotatable bonds is 5. The summed E-state index contributed by atoms with van der Waals surface area (Å²) in [6.45, 7) is 5.86. The molecular formula is C8H22N2O2Si. The van der Waals surface area contributed by atoms with Crippen LogP contribution in [0.1, 0.15) is 20.8 Å². The molecule has 0 radical (unpaired) electrons. The molecule has 0 saturated carbocycles. The molecule has 2 atom stereocenters. The van der Waals surface area contributed by atoms with Gasteiger partial charge in [0.1, 0.15) is 5.35 Å². The lowest BCUT2D eigenvalue weighted by molar-refractivity contribution is -0.140. The monoisotopic (exact) mass is 206 g/mol. The lowest BCUT2D eigenvalue weighted by Gasteiger charge is -2.43. The van der Waals surface area contributed by atoms with Gasteiger partial charge in [0.15, 0.2) is 0 Å². The van der Waals surface area contributed by atoms with E-state index in [9.17, 15) is 0 Å². The largest absolute Gasteiger partial charge is 0.375 e. The van der Waals surface area contributed by atoms with Crippen molar-refractivity contribution < 1.29 is 9.47 Å².